The zero-order chi connectivity index (χ0) is 15.4. The van der Waals surface area contributed by atoms with E-state index in [9.17, 15) is 9.59 Å². The fourth-order valence-electron chi connectivity index (χ4n) is 1.83. The number of furan rings is 1. The van der Waals surface area contributed by atoms with Crippen LogP contribution >= 0.6 is 15.9 Å². The average Bonchev–Trinajstić information content (AvgIpc) is 2.88. The van der Waals surface area contributed by atoms with E-state index < -0.39 is 0 Å². The number of anilines is 1. The van der Waals surface area contributed by atoms with Crippen molar-refractivity contribution in [3.63, 3.8) is 0 Å². The Balaban J connectivity index is 2.14. The number of halogens is 1. The molecule has 5 nitrogen and oxygen atoms in total. The van der Waals surface area contributed by atoms with Crippen LogP contribution in [0.5, 0.6) is 0 Å². The Labute approximate surface area is 130 Å². The molecule has 2 aromatic rings. The molecule has 0 aliphatic heterocycles. The molecule has 0 bridgehead atoms. The number of benzene rings is 1. The molecule has 110 valence electrons. The summed E-state index contributed by atoms with van der Waals surface area (Å²) in [6.45, 7) is 4.26. The SMILES string of the molecule is CCNC(=O)c1ccc(NC(=O)c2ccc(Br)o2)c(C)c1. The first-order chi connectivity index (χ1) is 10.0. The molecule has 0 aliphatic rings. The van der Waals surface area contributed by atoms with Crippen LogP contribution in [0.2, 0.25) is 0 Å². The molecular weight excluding hydrogens is 336 g/mol. The minimum atomic E-state index is -0.338. The van der Waals surface area contributed by atoms with E-state index in [0.29, 0.717) is 22.5 Å². The largest absolute Gasteiger partial charge is 0.444 e. The van der Waals surface area contributed by atoms with Gasteiger partial charge in [0.1, 0.15) is 0 Å². The first kappa shape index (κ1) is 15.3. The molecule has 6 heteroatoms. The lowest BCUT2D eigenvalue weighted by atomic mass is 10.1. The van der Waals surface area contributed by atoms with Crippen molar-refractivity contribution in [1.29, 1.82) is 0 Å². The second-order valence-electron chi connectivity index (χ2n) is 4.45. The zero-order valence-corrected chi connectivity index (χ0v) is 13.3. The second kappa shape index (κ2) is 6.58. The molecule has 0 unspecified atom stereocenters. The molecule has 2 rings (SSSR count). The van der Waals surface area contributed by atoms with Crippen molar-refractivity contribution < 1.29 is 14.0 Å². The first-order valence-corrected chi connectivity index (χ1v) is 7.26. The van der Waals surface area contributed by atoms with Crippen LogP contribution < -0.4 is 10.6 Å². The highest BCUT2D eigenvalue weighted by atomic mass is 79.9. The normalized spacial score (nSPS) is 10.2. The summed E-state index contributed by atoms with van der Waals surface area (Å²) < 4.78 is 5.69. The lowest BCUT2D eigenvalue weighted by Crippen LogP contribution is -2.22. The van der Waals surface area contributed by atoms with Gasteiger partial charge in [0.05, 0.1) is 0 Å². The van der Waals surface area contributed by atoms with Gasteiger partial charge in [-0.15, -0.1) is 0 Å². The van der Waals surface area contributed by atoms with Crippen LogP contribution in [-0.4, -0.2) is 18.4 Å². The van der Waals surface area contributed by atoms with E-state index in [2.05, 4.69) is 26.6 Å². The summed E-state index contributed by atoms with van der Waals surface area (Å²) in [4.78, 5) is 23.7. The summed E-state index contributed by atoms with van der Waals surface area (Å²) in [6, 6.07) is 8.35. The van der Waals surface area contributed by atoms with Gasteiger partial charge in [0.25, 0.3) is 11.8 Å². The van der Waals surface area contributed by atoms with Crippen LogP contribution in [0.25, 0.3) is 0 Å². The molecule has 0 radical (unpaired) electrons. The third-order valence-electron chi connectivity index (χ3n) is 2.87. The highest BCUT2D eigenvalue weighted by Crippen LogP contribution is 2.19. The summed E-state index contributed by atoms with van der Waals surface area (Å²) >= 11 is 3.15. The highest BCUT2D eigenvalue weighted by Gasteiger charge is 2.13. The number of carbonyl (C=O) groups is 2. The number of amides is 2. The lowest BCUT2D eigenvalue weighted by molar-refractivity contribution is 0.0954. The third-order valence-corrected chi connectivity index (χ3v) is 3.30. The van der Waals surface area contributed by atoms with Gasteiger partial charge in [0.2, 0.25) is 0 Å². The van der Waals surface area contributed by atoms with E-state index in [1.165, 1.54) is 0 Å². The molecule has 0 fully saturated rings. The average molecular weight is 351 g/mol. The van der Waals surface area contributed by atoms with Gasteiger partial charge in [0, 0.05) is 17.8 Å². The van der Waals surface area contributed by atoms with Crippen molar-refractivity contribution in [2.75, 3.05) is 11.9 Å². The maximum absolute atomic E-state index is 12.0. The van der Waals surface area contributed by atoms with Gasteiger partial charge in [0.15, 0.2) is 10.4 Å². The Morgan fingerprint density at radius 1 is 1.19 bits per heavy atom. The van der Waals surface area contributed by atoms with Crippen LogP contribution in [0.4, 0.5) is 5.69 Å². The fourth-order valence-corrected chi connectivity index (χ4v) is 2.13. The van der Waals surface area contributed by atoms with Gasteiger partial charge in [-0.05, 0) is 65.7 Å². The van der Waals surface area contributed by atoms with Gasteiger partial charge in [-0.2, -0.15) is 0 Å². The van der Waals surface area contributed by atoms with Crippen molar-refractivity contribution >= 4 is 33.4 Å². The highest BCUT2D eigenvalue weighted by molar-refractivity contribution is 9.10. The van der Waals surface area contributed by atoms with Gasteiger partial charge < -0.3 is 15.1 Å². The summed E-state index contributed by atoms with van der Waals surface area (Å²) in [6.07, 6.45) is 0. The molecule has 0 atom stereocenters. The third kappa shape index (κ3) is 3.72. The van der Waals surface area contributed by atoms with E-state index in [-0.39, 0.29) is 17.6 Å². The fraction of sp³-hybridized carbons (Fsp3) is 0.200. The molecule has 21 heavy (non-hydrogen) atoms. The van der Waals surface area contributed by atoms with Crippen molar-refractivity contribution in [2.24, 2.45) is 0 Å². The van der Waals surface area contributed by atoms with Crippen molar-refractivity contribution in [2.45, 2.75) is 13.8 Å². The maximum atomic E-state index is 12.0. The van der Waals surface area contributed by atoms with Gasteiger partial charge >= 0.3 is 0 Å². The minimum Gasteiger partial charge on any atom is -0.444 e. The van der Waals surface area contributed by atoms with Gasteiger partial charge in [-0.3, -0.25) is 9.59 Å². The molecule has 2 N–H and O–H groups in total. The zero-order valence-electron chi connectivity index (χ0n) is 11.7. The molecule has 1 aromatic carbocycles. The second-order valence-corrected chi connectivity index (χ2v) is 5.23. The monoisotopic (exact) mass is 350 g/mol. The number of carbonyl (C=O) groups excluding carboxylic acids is 2. The molecule has 2 amide bonds. The van der Waals surface area contributed by atoms with E-state index >= 15 is 0 Å². The van der Waals surface area contributed by atoms with Gasteiger partial charge in [-0.1, -0.05) is 0 Å². The summed E-state index contributed by atoms with van der Waals surface area (Å²) in [5, 5.41) is 5.48. The molecular formula is C15H15BrN2O3. The molecule has 1 aromatic heterocycles. The number of hydrogen-bond donors (Lipinski definition) is 2. The van der Waals surface area contributed by atoms with E-state index in [0.717, 1.165) is 5.56 Å². The van der Waals surface area contributed by atoms with E-state index in [1.54, 1.807) is 30.3 Å². The van der Waals surface area contributed by atoms with Crippen LogP contribution in [-0.2, 0) is 0 Å². The van der Waals surface area contributed by atoms with Crippen LogP contribution in [0.15, 0.2) is 39.4 Å². The summed E-state index contributed by atoms with van der Waals surface area (Å²) in [7, 11) is 0. The number of hydrogen-bond acceptors (Lipinski definition) is 3. The predicted octanol–water partition coefficient (Wildman–Crippen LogP) is 3.35. The Morgan fingerprint density at radius 2 is 1.95 bits per heavy atom. The van der Waals surface area contributed by atoms with Gasteiger partial charge in [-0.25, -0.2) is 0 Å². The Kier molecular flexibility index (Phi) is 4.80. The molecule has 1 heterocycles. The van der Waals surface area contributed by atoms with Crippen LogP contribution in [0.3, 0.4) is 0 Å². The molecule has 0 aliphatic carbocycles. The van der Waals surface area contributed by atoms with Crippen LogP contribution in [0.1, 0.15) is 33.4 Å². The summed E-state index contributed by atoms with van der Waals surface area (Å²) in [5.74, 6) is -0.253. The topological polar surface area (TPSA) is 71.3 Å². The quantitative estimate of drug-likeness (QED) is 0.887. The Bertz CT molecular complexity index is 679. The predicted molar refractivity (Wildman–Crippen MR) is 83.5 cm³/mol. The molecule has 0 saturated carbocycles. The van der Waals surface area contributed by atoms with E-state index in [1.807, 2.05) is 13.8 Å². The smallest absolute Gasteiger partial charge is 0.291 e. The van der Waals surface area contributed by atoms with E-state index in [4.69, 9.17) is 4.42 Å². The Morgan fingerprint density at radius 3 is 2.52 bits per heavy atom. The minimum absolute atomic E-state index is 0.131. The van der Waals surface area contributed by atoms with Crippen LogP contribution in [0, 0.1) is 6.92 Å². The maximum Gasteiger partial charge on any atom is 0.291 e. The first-order valence-electron chi connectivity index (χ1n) is 6.46. The Hall–Kier alpha value is -2.08. The molecule has 0 saturated heterocycles. The number of aryl methyl sites for hydroxylation is 1. The summed E-state index contributed by atoms with van der Waals surface area (Å²) in [5.41, 5.74) is 2.01. The van der Waals surface area contributed by atoms with Crippen molar-refractivity contribution in [3.8, 4) is 0 Å². The standard InChI is InChI=1S/C15H15BrN2O3/c1-3-17-14(19)10-4-5-11(9(2)8-10)18-15(20)12-6-7-13(16)21-12/h4-8H,3H2,1-2H3,(H,17,19)(H,18,20). The number of nitrogens with one attached hydrogen (secondary N) is 2. The van der Waals surface area contributed by atoms with Crippen molar-refractivity contribution in [1.82, 2.24) is 5.32 Å². The number of rotatable bonds is 4. The van der Waals surface area contributed by atoms with Crippen molar-refractivity contribution in [3.05, 3.63) is 51.9 Å². The molecule has 0 spiro atoms. The lowest BCUT2D eigenvalue weighted by Gasteiger charge is -2.09.